The van der Waals surface area contributed by atoms with Crippen LogP contribution in [0.25, 0.3) is 0 Å². The Balaban J connectivity index is 2.08. The number of aliphatic imine (C=N–C) groups is 1. The maximum Gasteiger partial charge on any atom is 0.530 e. The summed E-state index contributed by atoms with van der Waals surface area (Å²) in [4.78, 5) is 16.8. The van der Waals surface area contributed by atoms with Gasteiger partial charge in [0.25, 0.3) is 0 Å². The van der Waals surface area contributed by atoms with Crippen molar-refractivity contribution in [3.63, 3.8) is 0 Å². The summed E-state index contributed by atoms with van der Waals surface area (Å²) in [7, 11) is -3.73. The summed E-state index contributed by atoms with van der Waals surface area (Å²) < 4.78 is 28.6. The molecule has 0 saturated carbocycles. The highest BCUT2D eigenvalue weighted by atomic mass is 35.5. The van der Waals surface area contributed by atoms with Crippen molar-refractivity contribution in [2.24, 2.45) is 4.99 Å². The van der Waals surface area contributed by atoms with Gasteiger partial charge in [-0.1, -0.05) is 37.0 Å². The van der Waals surface area contributed by atoms with Crippen LogP contribution in [0.3, 0.4) is 0 Å². The first-order chi connectivity index (χ1) is 13.1. The van der Waals surface area contributed by atoms with Gasteiger partial charge in [0, 0.05) is 11.0 Å². The molecular formula is C19H20Cl2NO5P. The van der Waals surface area contributed by atoms with Crippen molar-refractivity contribution in [2.45, 2.75) is 33.1 Å². The largest absolute Gasteiger partial charge is 0.530 e. The van der Waals surface area contributed by atoms with Crippen molar-refractivity contribution in [1.82, 2.24) is 0 Å². The first-order valence-electron chi connectivity index (χ1n) is 8.77. The molecule has 2 aliphatic rings. The van der Waals surface area contributed by atoms with Crippen molar-refractivity contribution in [3.05, 3.63) is 45.5 Å². The van der Waals surface area contributed by atoms with Crippen molar-refractivity contribution in [2.75, 3.05) is 13.2 Å². The zero-order valence-corrected chi connectivity index (χ0v) is 18.3. The van der Waals surface area contributed by atoms with Crippen molar-refractivity contribution in [3.8, 4) is 5.75 Å². The van der Waals surface area contributed by atoms with Crippen LogP contribution in [-0.4, -0.2) is 24.7 Å². The summed E-state index contributed by atoms with van der Waals surface area (Å²) in [6.45, 7) is 7.61. The molecule has 1 aliphatic carbocycles. The van der Waals surface area contributed by atoms with Crippen molar-refractivity contribution >= 4 is 48.2 Å². The van der Waals surface area contributed by atoms with E-state index in [4.69, 9.17) is 36.8 Å². The van der Waals surface area contributed by atoms with Gasteiger partial charge in [-0.3, -0.25) is 13.8 Å². The van der Waals surface area contributed by atoms with Gasteiger partial charge in [-0.15, -0.1) is 0 Å². The van der Waals surface area contributed by atoms with Gasteiger partial charge in [0.2, 0.25) is 5.78 Å². The number of hydrogen-bond acceptors (Lipinski definition) is 6. The minimum atomic E-state index is -3.73. The molecule has 1 aromatic carbocycles. The number of phosphoric ester groups is 1. The van der Waals surface area contributed by atoms with Crippen LogP contribution >= 0.6 is 31.0 Å². The molecule has 150 valence electrons. The molecular weight excluding hydrogens is 424 g/mol. The lowest BCUT2D eigenvalue weighted by atomic mass is 9.71. The summed E-state index contributed by atoms with van der Waals surface area (Å²) in [5, 5.41) is 0.0728. The Morgan fingerprint density at radius 3 is 2.39 bits per heavy atom. The third-order valence-electron chi connectivity index (χ3n) is 4.45. The van der Waals surface area contributed by atoms with Gasteiger partial charge in [-0.2, -0.15) is 0 Å². The van der Waals surface area contributed by atoms with E-state index in [1.807, 2.05) is 13.8 Å². The van der Waals surface area contributed by atoms with E-state index in [-0.39, 0.29) is 23.3 Å². The molecule has 0 aromatic heterocycles. The van der Waals surface area contributed by atoms with E-state index in [9.17, 15) is 9.36 Å². The first-order valence-corrected chi connectivity index (χ1v) is 11.0. The van der Waals surface area contributed by atoms with Gasteiger partial charge in [0.15, 0.2) is 0 Å². The van der Waals surface area contributed by atoms with Crippen molar-refractivity contribution in [1.29, 1.82) is 0 Å². The van der Waals surface area contributed by atoms with E-state index in [1.165, 1.54) is 6.08 Å². The zero-order valence-electron chi connectivity index (χ0n) is 15.9. The van der Waals surface area contributed by atoms with Gasteiger partial charge in [0.1, 0.15) is 5.75 Å². The number of nitrogens with zero attached hydrogens (tertiary/aromatic N) is 1. The highest BCUT2D eigenvalue weighted by Crippen LogP contribution is 2.52. The second-order valence-electron chi connectivity index (χ2n) is 6.69. The predicted octanol–water partition coefficient (Wildman–Crippen LogP) is 5.81. The number of carbonyl (C=O) groups excluding carboxylic acids is 1. The highest BCUT2D eigenvalue weighted by molar-refractivity contribution is 7.48. The maximum atomic E-state index is 12.7. The number of halogens is 2. The van der Waals surface area contributed by atoms with E-state index >= 15 is 0 Å². The molecule has 0 spiro atoms. The molecule has 1 heterocycles. The van der Waals surface area contributed by atoms with Crippen LogP contribution in [0.5, 0.6) is 5.75 Å². The molecule has 1 aromatic rings. The number of Topliss-reactive ketones (excluding diaryl/α,β-unsaturated/α-hetero) is 1. The molecule has 0 unspecified atom stereocenters. The summed E-state index contributed by atoms with van der Waals surface area (Å²) >= 11 is 12.3. The maximum absolute atomic E-state index is 12.7. The highest BCUT2D eigenvalue weighted by Gasteiger charge is 2.41. The van der Waals surface area contributed by atoms with E-state index in [2.05, 4.69) is 4.99 Å². The van der Waals surface area contributed by atoms with E-state index in [1.54, 1.807) is 32.0 Å². The Kier molecular flexibility index (Phi) is 5.91. The van der Waals surface area contributed by atoms with E-state index in [0.29, 0.717) is 22.7 Å². The second kappa shape index (κ2) is 7.77. The summed E-state index contributed by atoms with van der Waals surface area (Å²) in [5.41, 5.74) is 1.92. The zero-order chi connectivity index (χ0) is 20.7. The van der Waals surface area contributed by atoms with E-state index in [0.717, 1.165) is 5.56 Å². The van der Waals surface area contributed by atoms with Gasteiger partial charge < -0.3 is 4.52 Å². The molecule has 0 N–H and O–H groups in total. The van der Waals surface area contributed by atoms with Gasteiger partial charge in [0.05, 0.1) is 34.7 Å². The lowest BCUT2D eigenvalue weighted by Gasteiger charge is -2.36. The van der Waals surface area contributed by atoms with Crippen LogP contribution in [0, 0.1) is 0 Å². The molecule has 0 amide bonds. The summed E-state index contributed by atoms with van der Waals surface area (Å²) in [5.74, 6) is -0.124. The minimum Gasteiger partial charge on any atom is -0.404 e. The van der Waals surface area contributed by atoms with Gasteiger partial charge in [-0.25, -0.2) is 9.56 Å². The number of fused-ring (bicyclic) bond motifs is 2. The summed E-state index contributed by atoms with van der Waals surface area (Å²) in [6, 6.07) is 5.09. The Hall–Kier alpha value is -1.43. The number of allylic oxidation sites excluding steroid dienone is 4. The van der Waals surface area contributed by atoms with Crippen LogP contribution in [0.15, 0.2) is 44.9 Å². The molecule has 28 heavy (non-hydrogen) atoms. The van der Waals surface area contributed by atoms with Crippen LogP contribution in [0.4, 0.5) is 5.69 Å². The smallest absolute Gasteiger partial charge is 0.404 e. The van der Waals surface area contributed by atoms with Crippen LogP contribution in [0.1, 0.15) is 33.3 Å². The third-order valence-corrected chi connectivity index (χ3v) is 6.68. The topological polar surface area (TPSA) is 74.2 Å². The fraction of sp³-hybridized carbons (Fsp3) is 0.368. The molecule has 0 atom stereocenters. The Morgan fingerprint density at radius 1 is 1.14 bits per heavy atom. The molecule has 3 rings (SSSR count). The van der Waals surface area contributed by atoms with Crippen LogP contribution in [-0.2, 0) is 23.8 Å². The average Bonchev–Trinajstić information content (AvgIpc) is 2.60. The SMILES string of the molecule is CCOP(=O)(OCC)Oc1ccc2c(c1)C(C)(C)C1=C(Cl)C(=O)C(Cl)=CC1=N2. The Labute approximate surface area is 173 Å². The molecule has 0 bridgehead atoms. The minimum absolute atomic E-state index is 0.0288. The molecule has 9 heteroatoms. The second-order valence-corrected chi connectivity index (χ2v) is 9.06. The number of phosphoric acid groups is 1. The third kappa shape index (κ3) is 3.72. The lowest BCUT2D eigenvalue weighted by Crippen LogP contribution is -2.32. The Morgan fingerprint density at radius 2 is 1.79 bits per heavy atom. The number of ketones is 1. The average molecular weight is 444 g/mol. The Bertz CT molecular complexity index is 971. The quantitative estimate of drug-likeness (QED) is 0.409. The van der Waals surface area contributed by atoms with Crippen LogP contribution in [0.2, 0.25) is 0 Å². The monoisotopic (exact) mass is 443 g/mol. The normalized spacial score (nSPS) is 18.3. The fourth-order valence-corrected chi connectivity index (χ4v) is 5.11. The number of rotatable bonds is 6. The van der Waals surface area contributed by atoms with Crippen LogP contribution < -0.4 is 4.52 Å². The lowest BCUT2D eigenvalue weighted by molar-refractivity contribution is -0.111. The number of carbonyl (C=O) groups is 1. The fourth-order valence-electron chi connectivity index (χ4n) is 3.24. The predicted molar refractivity (Wildman–Crippen MR) is 110 cm³/mol. The van der Waals surface area contributed by atoms with Crippen molar-refractivity contribution < 1.29 is 22.9 Å². The molecule has 1 aliphatic heterocycles. The molecule has 0 radical (unpaired) electrons. The summed E-state index contributed by atoms with van der Waals surface area (Å²) in [6.07, 6.45) is 1.53. The number of hydrogen-bond donors (Lipinski definition) is 0. The standard InChI is InChI=1S/C19H20Cl2NO5P/c1-5-25-28(24,26-6-2)27-11-7-8-14-12(9-11)19(3,4)16-15(22-14)10-13(20)18(23)17(16)21/h7-10H,5-6H2,1-4H3. The molecule has 0 fully saturated rings. The van der Waals surface area contributed by atoms with E-state index < -0.39 is 19.0 Å². The molecule has 6 nitrogen and oxygen atoms in total. The van der Waals surface area contributed by atoms with Gasteiger partial charge in [-0.05, 0) is 43.7 Å². The first kappa shape index (κ1) is 21.3. The van der Waals surface area contributed by atoms with Gasteiger partial charge >= 0.3 is 7.82 Å². The molecule has 0 saturated heterocycles. The number of benzene rings is 1.